The normalized spacial score (nSPS) is 29.8. The highest BCUT2D eigenvalue weighted by Crippen LogP contribution is 2.54. The van der Waals surface area contributed by atoms with Crippen LogP contribution in [-0.4, -0.2) is 31.0 Å². The molecule has 1 aromatic carbocycles. The van der Waals surface area contributed by atoms with E-state index >= 15 is 0 Å². The van der Waals surface area contributed by atoms with Gasteiger partial charge in [0, 0.05) is 11.8 Å². The molecule has 0 aliphatic carbocycles. The van der Waals surface area contributed by atoms with E-state index < -0.39 is 52.3 Å². The van der Waals surface area contributed by atoms with Gasteiger partial charge in [0.15, 0.2) is 23.3 Å². The lowest BCUT2D eigenvalue weighted by Crippen LogP contribution is -2.47. The molecule has 0 spiro atoms. The summed E-state index contributed by atoms with van der Waals surface area (Å²) in [5.41, 5.74) is -2.93. The lowest BCUT2D eigenvalue weighted by Gasteiger charge is -2.32. The summed E-state index contributed by atoms with van der Waals surface area (Å²) in [6.07, 6.45) is -6.42. The molecule has 1 saturated heterocycles. The molecule has 0 radical (unpaired) electrons. The topological polar surface area (TPSA) is 35.5 Å². The molecule has 2 rings (SSSR count). The molecule has 3 nitrogen and oxygen atoms in total. The molecule has 1 aliphatic heterocycles. The van der Waals surface area contributed by atoms with E-state index in [-0.39, 0.29) is 11.1 Å². The molecule has 0 amide bonds. The van der Waals surface area contributed by atoms with Gasteiger partial charge in [0.2, 0.25) is 0 Å². The molecule has 0 aromatic heterocycles. The fourth-order valence-electron chi connectivity index (χ4n) is 3.17. The average molecular weight is 387 g/mol. The van der Waals surface area contributed by atoms with Crippen molar-refractivity contribution in [3.8, 4) is 0 Å². The van der Waals surface area contributed by atoms with E-state index in [1.165, 1.54) is 13.8 Å². The molecular weight excluding hydrogens is 371 g/mol. The average Bonchev–Trinajstić information content (AvgIpc) is 2.81. The minimum Gasteiger partial charge on any atom is -0.467 e. The van der Waals surface area contributed by atoms with E-state index in [9.17, 15) is 26.7 Å². The molecule has 4 atom stereocenters. The first kappa shape index (κ1) is 19.9. The molecule has 1 heterocycles. The lowest BCUT2D eigenvalue weighted by molar-refractivity contribution is -0.274. The highest BCUT2D eigenvalue weighted by molar-refractivity contribution is 6.30. The second kappa shape index (κ2) is 6.39. The number of halogens is 6. The third kappa shape index (κ3) is 2.99. The molecule has 0 bridgehead atoms. The lowest BCUT2D eigenvalue weighted by atomic mass is 9.76. The van der Waals surface area contributed by atoms with Crippen molar-refractivity contribution in [1.29, 1.82) is 0 Å². The van der Waals surface area contributed by atoms with Crippen LogP contribution < -0.4 is 0 Å². The van der Waals surface area contributed by atoms with Crippen LogP contribution in [0.5, 0.6) is 0 Å². The van der Waals surface area contributed by atoms with Gasteiger partial charge >= 0.3 is 12.1 Å². The van der Waals surface area contributed by atoms with Gasteiger partial charge in [-0.15, -0.1) is 0 Å². The zero-order chi connectivity index (χ0) is 19.3. The Bertz CT molecular complexity index is 706. The molecule has 25 heavy (non-hydrogen) atoms. The van der Waals surface area contributed by atoms with Crippen molar-refractivity contribution in [3.63, 3.8) is 0 Å². The van der Waals surface area contributed by atoms with Crippen molar-refractivity contribution in [2.75, 3.05) is 7.11 Å². The Morgan fingerprint density at radius 1 is 1.32 bits per heavy atom. The smallest absolute Gasteiger partial charge is 0.417 e. The summed E-state index contributed by atoms with van der Waals surface area (Å²) in [4.78, 5) is 12.0. The van der Waals surface area contributed by atoms with E-state index in [0.29, 0.717) is 0 Å². The molecule has 0 unspecified atom stereocenters. The molecule has 140 valence electrons. The first-order valence-electron chi connectivity index (χ1n) is 7.33. The molecule has 0 N–H and O–H groups in total. The summed E-state index contributed by atoms with van der Waals surface area (Å²) in [6, 6.07) is 1.03. The van der Waals surface area contributed by atoms with Gasteiger partial charge in [0.25, 0.3) is 0 Å². The van der Waals surface area contributed by atoms with E-state index in [2.05, 4.69) is 4.74 Å². The zero-order valence-electron chi connectivity index (χ0n) is 13.8. The van der Waals surface area contributed by atoms with Crippen LogP contribution in [0.4, 0.5) is 22.0 Å². The Balaban J connectivity index is 2.67. The number of methoxy groups -OCH3 is 1. The first-order chi connectivity index (χ1) is 11.4. The molecular formula is C16H16ClF5O3. The molecule has 1 aromatic rings. The van der Waals surface area contributed by atoms with Gasteiger partial charge in [-0.05, 0) is 31.0 Å². The summed E-state index contributed by atoms with van der Waals surface area (Å²) in [5.74, 6) is -6.12. The standard InChI is InChI=1S/C16H16ClF5O3/c1-6-8(5-9(17)12(19)11(6)18)10-7(2)15(3,16(20,21)22)25-13(10)14(23)24-4/h5,7,10,13H,1-4H3/t7-,10-,13-,15+/m0/s1. The van der Waals surface area contributed by atoms with Crippen LogP contribution >= 0.6 is 11.6 Å². The number of ether oxygens (including phenoxy) is 2. The third-order valence-corrected chi connectivity index (χ3v) is 5.18. The van der Waals surface area contributed by atoms with Gasteiger partial charge in [-0.3, -0.25) is 0 Å². The van der Waals surface area contributed by atoms with Crippen molar-refractivity contribution < 1.29 is 36.2 Å². The van der Waals surface area contributed by atoms with Gasteiger partial charge in [-0.2, -0.15) is 13.2 Å². The van der Waals surface area contributed by atoms with Gasteiger partial charge in [-0.25, -0.2) is 13.6 Å². The van der Waals surface area contributed by atoms with Crippen LogP contribution in [0, 0.1) is 24.5 Å². The minimum absolute atomic E-state index is 0.0280. The maximum Gasteiger partial charge on any atom is 0.417 e. The number of rotatable bonds is 2. The van der Waals surface area contributed by atoms with Crippen LogP contribution in [0.2, 0.25) is 5.02 Å². The highest BCUT2D eigenvalue weighted by atomic mass is 35.5. The Morgan fingerprint density at radius 2 is 1.88 bits per heavy atom. The number of carbonyl (C=O) groups is 1. The van der Waals surface area contributed by atoms with E-state index in [0.717, 1.165) is 20.1 Å². The maximum atomic E-state index is 14.0. The Labute approximate surface area is 146 Å². The molecule has 9 heteroatoms. The van der Waals surface area contributed by atoms with Crippen molar-refractivity contribution in [2.45, 2.75) is 44.6 Å². The van der Waals surface area contributed by atoms with Crippen molar-refractivity contribution in [3.05, 3.63) is 33.9 Å². The fraction of sp³-hybridized carbons (Fsp3) is 0.562. The number of esters is 1. The van der Waals surface area contributed by atoms with Crippen LogP contribution in [0.1, 0.15) is 30.9 Å². The first-order valence-corrected chi connectivity index (χ1v) is 7.71. The van der Waals surface area contributed by atoms with Crippen LogP contribution in [-0.2, 0) is 14.3 Å². The SMILES string of the molecule is COC(=O)[C@H]1O[C@@](C)(C(F)(F)F)[C@@H](C)[C@H]1c1cc(Cl)c(F)c(F)c1C. The van der Waals surface area contributed by atoms with Crippen LogP contribution in [0.3, 0.4) is 0 Å². The number of alkyl halides is 3. The molecule has 1 fully saturated rings. The van der Waals surface area contributed by atoms with E-state index in [1.54, 1.807) is 0 Å². The largest absolute Gasteiger partial charge is 0.467 e. The van der Waals surface area contributed by atoms with Crippen molar-refractivity contribution in [1.82, 2.24) is 0 Å². The highest BCUT2D eigenvalue weighted by Gasteiger charge is 2.66. The zero-order valence-corrected chi connectivity index (χ0v) is 14.6. The number of hydrogen-bond acceptors (Lipinski definition) is 3. The summed E-state index contributed by atoms with van der Waals surface area (Å²) < 4.78 is 77.8. The maximum absolute atomic E-state index is 14.0. The quantitative estimate of drug-likeness (QED) is 0.425. The Kier molecular flexibility index (Phi) is 5.09. The predicted molar refractivity (Wildman–Crippen MR) is 79.4 cm³/mol. The van der Waals surface area contributed by atoms with Gasteiger partial charge < -0.3 is 9.47 Å². The number of benzene rings is 1. The summed E-state index contributed by atoms with van der Waals surface area (Å²) in [7, 11) is 1.00. The van der Waals surface area contributed by atoms with Gasteiger partial charge in [0.05, 0.1) is 12.1 Å². The summed E-state index contributed by atoms with van der Waals surface area (Å²) in [5, 5.41) is -0.588. The summed E-state index contributed by atoms with van der Waals surface area (Å²) >= 11 is 5.65. The van der Waals surface area contributed by atoms with Crippen molar-refractivity contribution >= 4 is 17.6 Å². The molecule has 1 aliphatic rings. The monoisotopic (exact) mass is 386 g/mol. The Hall–Kier alpha value is -1.41. The molecule has 0 saturated carbocycles. The third-order valence-electron chi connectivity index (χ3n) is 4.91. The predicted octanol–water partition coefficient (Wildman–Crippen LogP) is 4.54. The van der Waals surface area contributed by atoms with E-state index in [4.69, 9.17) is 16.3 Å². The second-order valence-corrected chi connectivity index (χ2v) is 6.59. The Morgan fingerprint density at radius 3 is 2.36 bits per heavy atom. The van der Waals surface area contributed by atoms with Gasteiger partial charge in [0.1, 0.15) is 0 Å². The second-order valence-electron chi connectivity index (χ2n) is 6.18. The number of hydrogen-bond donors (Lipinski definition) is 0. The van der Waals surface area contributed by atoms with Gasteiger partial charge in [-0.1, -0.05) is 18.5 Å². The summed E-state index contributed by atoms with van der Waals surface area (Å²) in [6.45, 7) is 3.24. The van der Waals surface area contributed by atoms with Crippen LogP contribution in [0.15, 0.2) is 6.07 Å². The number of carbonyl (C=O) groups excluding carboxylic acids is 1. The van der Waals surface area contributed by atoms with Crippen molar-refractivity contribution in [2.24, 2.45) is 5.92 Å². The van der Waals surface area contributed by atoms with E-state index in [1.807, 2.05) is 0 Å². The van der Waals surface area contributed by atoms with Crippen LogP contribution in [0.25, 0.3) is 0 Å². The minimum atomic E-state index is -4.79. The fourth-order valence-corrected chi connectivity index (χ4v) is 3.37.